The van der Waals surface area contributed by atoms with Crippen molar-refractivity contribution in [3.05, 3.63) is 18.0 Å². The summed E-state index contributed by atoms with van der Waals surface area (Å²) in [5.41, 5.74) is 0.964. The van der Waals surface area contributed by atoms with Crippen LogP contribution in [0.4, 0.5) is 0 Å². The maximum atomic E-state index is 11.5. The van der Waals surface area contributed by atoms with Crippen molar-refractivity contribution >= 4 is 10.0 Å². The number of sulfonamides is 1. The minimum Gasteiger partial charge on any atom is -0.394 e. The maximum absolute atomic E-state index is 11.5. The fourth-order valence-corrected chi connectivity index (χ4v) is 2.11. The van der Waals surface area contributed by atoms with Crippen LogP contribution in [-0.4, -0.2) is 60.6 Å². The summed E-state index contributed by atoms with van der Waals surface area (Å²) in [5, 5.41) is 15.8. The van der Waals surface area contributed by atoms with Crippen LogP contribution in [0.15, 0.2) is 12.4 Å². The van der Waals surface area contributed by atoms with Gasteiger partial charge in [0, 0.05) is 38.9 Å². The van der Waals surface area contributed by atoms with E-state index in [-0.39, 0.29) is 12.4 Å². The highest BCUT2D eigenvalue weighted by Crippen LogP contribution is 1.97. The van der Waals surface area contributed by atoms with Gasteiger partial charge in [-0.3, -0.25) is 4.68 Å². The maximum Gasteiger partial charge on any atom is 0.214 e. The lowest BCUT2D eigenvalue weighted by Gasteiger charge is -2.11. The summed E-state index contributed by atoms with van der Waals surface area (Å²) >= 11 is 0. The Bertz CT molecular complexity index is 455. The van der Waals surface area contributed by atoms with E-state index in [2.05, 4.69) is 10.4 Å². The molecule has 0 saturated carbocycles. The quantitative estimate of drug-likeness (QED) is 0.586. The van der Waals surface area contributed by atoms with Crippen molar-refractivity contribution in [1.82, 2.24) is 19.4 Å². The van der Waals surface area contributed by atoms with E-state index in [1.54, 1.807) is 10.9 Å². The number of hydrogen-bond donors (Lipinski definition) is 2. The first-order chi connectivity index (χ1) is 8.45. The molecule has 0 aliphatic carbocycles. The zero-order valence-electron chi connectivity index (χ0n) is 10.7. The molecule has 1 aromatic rings. The Balaban J connectivity index is 2.29. The standard InChI is InChI=1S/C10H20N4O3S/c1-13(2)18(16,17)6-3-11-7-10-8-12-14(9-10)4-5-15/h8-9,11,15H,3-7H2,1-2H3. The molecule has 1 aromatic heterocycles. The number of nitrogens with one attached hydrogen (secondary N) is 1. The summed E-state index contributed by atoms with van der Waals surface area (Å²) < 4.78 is 25.8. The van der Waals surface area contributed by atoms with Gasteiger partial charge in [-0.25, -0.2) is 12.7 Å². The SMILES string of the molecule is CN(C)S(=O)(=O)CCNCc1cnn(CCO)c1. The summed E-state index contributed by atoms with van der Waals surface area (Å²) in [6, 6.07) is 0. The first-order valence-electron chi connectivity index (χ1n) is 5.69. The molecule has 0 bridgehead atoms. The molecule has 2 N–H and O–H groups in total. The fourth-order valence-electron chi connectivity index (χ4n) is 1.34. The zero-order chi connectivity index (χ0) is 13.6. The summed E-state index contributed by atoms with van der Waals surface area (Å²) in [7, 11) is -0.0949. The molecule has 0 aromatic carbocycles. The Kier molecular flexibility index (Phi) is 5.73. The number of rotatable bonds is 8. The van der Waals surface area contributed by atoms with Gasteiger partial charge in [0.2, 0.25) is 10.0 Å². The molecule has 1 heterocycles. The third kappa shape index (κ3) is 4.73. The van der Waals surface area contributed by atoms with Gasteiger partial charge in [0.15, 0.2) is 0 Å². The molecule has 0 atom stereocenters. The number of aliphatic hydroxyl groups excluding tert-OH is 1. The molecule has 7 nitrogen and oxygen atoms in total. The van der Waals surface area contributed by atoms with Gasteiger partial charge >= 0.3 is 0 Å². The van der Waals surface area contributed by atoms with E-state index in [0.717, 1.165) is 5.56 Å². The minimum absolute atomic E-state index is 0.0512. The van der Waals surface area contributed by atoms with Crippen molar-refractivity contribution in [1.29, 1.82) is 0 Å². The van der Waals surface area contributed by atoms with Gasteiger partial charge in [0.1, 0.15) is 0 Å². The molecule has 18 heavy (non-hydrogen) atoms. The summed E-state index contributed by atoms with van der Waals surface area (Å²) in [5.74, 6) is 0.0742. The summed E-state index contributed by atoms with van der Waals surface area (Å²) in [6.07, 6.45) is 3.52. The van der Waals surface area contributed by atoms with Crippen molar-refractivity contribution in [2.75, 3.05) is 33.0 Å². The van der Waals surface area contributed by atoms with Crippen LogP contribution >= 0.6 is 0 Å². The van der Waals surface area contributed by atoms with Gasteiger partial charge in [0.05, 0.1) is 25.1 Å². The number of aromatic nitrogens is 2. The highest BCUT2D eigenvalue weighted by atomic mass is 32.2. The number of nitrogens with zero attached hydrogens (tertiary/aromatic N) is 3. The first-order valence-corrected chi connectivity index (χ1v) is 7.30. The lowest BCUT2D eigenvalue weighted by atomic mass is 10.3. The van der Waals surface area contributed by atoms with E-state index in [9.17, 15) is 8.42 Å². The largest absolute Gasteiger partial charge is 0.394 e. The van der Waals surface area contributed by atoms with Crippen LogP contribution in [0, 0.1) is 0 Å². The van der Waals surface area contributed by atoms with Crippen LogP contribution in [0.1, 0.15) is 5.56 Å². The molecule has 0 unspecified atom stereocenters. The van der Waals surface area contributed by atoms with Gasteiger partial charge in [-0.1, -0.05) is 0 Å². The van der Waals surface area contributed by atoms with E-state index >= 15 is 0 Å². The molecule has 104 valence electrons. The van der Waals surface area contributed by atoms with E-state index in [0.29, 0.717) is 19.6 Å². The van der Waals surface area contributed by atoms with E-state index in [1.165, 1.54) is 18.4 Å². The second kappa shape index (κ2) is 6.83. The molecule has 0 radical (unpaired) electrons. The van der Waals surface area contributed by atoms with E-state index in [1.807, 2.05) is 6.20 Å². The summed E-state index contributed by atoms with van der Waals surface area (Å²) in [6.45, 7) is 1.48. The molecule has 0 aliphatic rings. The van der Waals surface area contributed by atoms with Crippen LogP contribution < -0.4 is 5.32 Å². The average molecular weight is 276 g/mol. The van der Waals surface area contributed by atoms with Crippen molar-refractivity contribution in [3.63, 3.8) is 0 Å². The Morgan fingerprint density at radius 2 is 2.22 bits per heavy atom. The van der Waals surface area contributed by atoms with Crippen molar-refractivity contribution in [2.24, 2.45) is 0 Å². The van der Waals surface area contributed by atoms with Gasteiger partial charge < -0.3 is 10.4 Å². The first kappa shape index (κ1) is 15.1. The smallest absolute Gasteiger partial charge is 0.214 e. The normalized spacial score (nSPS) is 12.2. The molecular weight excluding hydrogens is 256 g/mol. The monoisotopic (exact) mass is 276 g/mol. The molecule has 0 amide bonds. The Labute approximate surface area is 107 Å². The summed E-state index contributed by atoms with van der Waals surface area (Å²) in [4.78, 5) is 0. The zero-order valence-corrected chi connectivity index (χ0v) is 11.5. The third-order valence-electron chi connectivity index (χ3n) is 2.44. The van der Waals surface area contributed by atoms with Crippen LogP contribution in [0.5, 0.6) is 0 Å². The fraction of sp³-hybridized carbons (Fsp3) is 0.700. The predicted molar refractivity (Wildman–Crippen MR) is 68.5 cm³/mol. The van der Waals surface area contributed by atoms with Crippen LogP contribution in [0.3, 0.4) is 0 Å². The number of hydrogen-bond acceptors (Lipinski definition) is 5. The molecule has 0 saturated heterocycles. The molecule has 8 heteroatoms. The molecule has 0 spiro atoms. The highest BCUT2D eigenvalue weighted by molar-refractivity contribution is 7.89. The van der Waals surface area contributed by atoms with Gasteiger partial charge in [-0.05, 0) is 0 Å². The molecule has 1 rings (SSSR count). The van der Waals surface area contributed by atoms with Gasteiger partial charge in [-0.2, -0.15) is 5.10 Å². The number of aliphatic hydroxyl groups is 1. The molecular formula is C10H20N4O3S. The molecule has 0 aliphatic heterocycles. The van der Waals surface area contributed by atoms with Crippen LogP contribution in [0.25, 0.3) is 0 Å². The lowest BCUT2D eigenvalue weighted by Crippen LogP contribution is -2.30. The predicted octanol–water partition coefficient (Wildman–Crippen LogP) is -1.14. The third-order valence-corrected chi connectivity index (χ3v) is 4.27. The van der Waals surface area contributed by atoms with Gasteiger partial charge in [-0.15, -0.1) is 0 Å². The van der Waals surface area contributed by atoms with E-state index in [4.69, 9.17) is 5.11 Å². The van der Waals surface area contributed by atoms with Crippen LogP contribution in [0.2, 0.25) is 0 Å². The van der Waals surface area contributed by atoms with Crippen molar-refractivity contribution < 1.29 is 13.5 Å². The minimum atomic E-state index is -3.14. The van der Waals surface area contributed by atoms with Gasteiger partial charge in [0.25, 0.3) is 0 Å². The highest BCUT2D eigenvalue weighted by Gasteiger charge is 2.12. The second-order valence-corrected chi connectivity index (χ2v) is 6.41. The second-order valence-electron chi connectivity index (χ2n) is 4.11. The average Bonchev–Trinajstić information content (AvgIpc) is 2.73. The van der Waals surface area contributed by atoms with Crippen LogP contribution in [-0.2, 0) is 23.1 Å². The topological polar surface area (TPSA) is 87.5 Å². The van der Waals surface area contributed by atoms with Crippen molar-refractivity contribution in [2.45, 2.75) is 13.1 Å². The van der Waals surface area contributed by atoms with E-state index < -0.39 is 10.0 Å². The molecule has 0 fully saturated rings. The Morgan fingerprint density at radius 3 is 2.83 bits per heavy atom. The lowest BCUT2D eigenvalue weighted by molar-refractivity contribution is 0.269. The van der Waals surface area contributed by atoms with Crippen molar-refractivity contribution in [3.8, 4) is 0 Å². The Hall–Kier alpha value is -0.960. The Morgan fingerprint density at radius 1 is 1.50 bits per heavy atom.